The Kier molecular flexibility index (Phi) is 3.05. The summed E-state index contributed by atoms with van der Waals surface area (Å²) >= 11 is 0. The molecule has 3 rings (SSSR count). The highest BCUT2D eigenvalue weighted by Gasteiger charge is 2.21. The van der Waals surface area contributed by atoms with Crippen molar-refractivity contribution in [3.05, 3.63) is 12.7 Å². The zero-order valence-electron chi connectivity index (χ0n) is 10.8. The Labute approximate surface area is 114 Å². The van der Waals surface area contributed by atoms with E-state index in [-0.39, 0.29) is 18.2 Å². The summed E-state index contributed by atoms with van der Waals surface area (Å²) in [5.74, 6) is 0.460. The summed E-state index contributed by atoms with van der Waals surface area (Å²) in [6.07, 6.45) is 3.75. The smallest absolute Gasteiger partial charge is 0.242 e. The number of nitrogen functional groups attached to an aromatic ring is 1. The van der Waals surface area contributed by atoms with Crippen molar-refractivity contribution in [2.24, 2.45) is 0 Å². The van der Waals surface area contributed by atoms with Crippen molar-refractivity contribution in [1.82, 2.24) is 24.4 Å². The van der Waals surface area contributed by atoms with Crippen LogP contribution in [0.4, 0.5) is 5.82 Å². The topological polar surface area (TPSA) is 107 Å². The molecule has 1 aliphatic heterocycles. The van der Waals surface area contributed by atoms with Gasteiger partial charge < -0.3 is 15.2 Å². The minimum absolute atomic E-state index is 0.0472. The number of amides is 1. The molecule has 2 N–H and O–H groups in total. The molecule has 0 radical (unpaired) electrons. The van der Waals surface area contributed by atoms with Crippen molar-refractivity contribution in [1.29, 1.82) is 0 Å². The van der Waals surface area contributed by atoms with E-state index in [4.69, 9.17) is 5.73 Å². The van der Waals surface area contributed by atoms with E-state index in [1.807, 2.05) is 0 Å². The summed E-state index contributed by atoms with van der Waals surface area (Å²) in [5.41, 5.74) is 6.73. The third-order valence-corrected chi connectivity index (χ3v) is 3.41. The van der Waals surface area contributed by atoms with Crippen LogP contribution >= 0.6 is 0 Å². The second-order valence-corrected chi connectivity index (χ2v) is 4.72. The normalized spacial score (nSPS) is 15.8. The number of ketones is 1. The van der Waals surface area contributed by atoms with Crippen molar-refractivity contribution >= 4 is 28.7 Å². The monoisotopic (exact) mass is 274 g/mol. The van der Waals surface area contributed by atoms with E-state index in [1.54, 1.807) is 9.47 Å². The number of imidazole rings is 1. The Morgan fingerprint density at radius 2 is 2.00 bits per heavy atom. The molecule has 1 amide bonds. The second-order valence-electron chi connectivity index (χ2n) is 4.72. The van der Waals surface area contributed by atoms with Gasteiger partial charge in [0, 0.05) is 25.9 Å². The van der Waals surface area contributed by atoms with Gasteiger partial charge >= 0.3 is 0 Å². The fraction of sp³-hybridized carbons (Fsp3) is 0.417. The largest absolute Gasteiger partial charge is 0.382 e. The van der Waals surface area contributed by atoms with Gasteiger partial charge in [-0.3, -0.25) is 9.59 Å². The Hall–Kier alpha value is -2.51. The maximum Gasteiger partial charge on any atom is 0.242 e. The van der Waals surface area contributed by atoms with Gasteiger partial charge in [0.15, 0.2) is 11.5 Å². The van der Waals surface area contributed by atoms with Gasteiger partial charge in [-0.25, -0.2) is 15.0 Å². The highest BCUT2D eigenvalue weighted by molar-refractivity contribution is 5.85. The van der Waals surface area contributed by atoms with Crippen LogP contribution in [0.5, 0.6) is 0 Å². The van der Waals surface area contributed by atoms with Crippen LogP contribution in [0.1, 0.15) is 12.8 Å². The summed E-state index contributed by atoms with van der Waals surface area (Å²) in [6, 6.07) is 0. The number of rotatable bonds is 2. The molecule has 0 unspecified atom stereocenters. The number of hydrogen-bond acceptors (Lipinski definition) is 6. The standard InChI is InChI=1S/C12H14N6O2/c13-11-10-12(15-6-14-11)18(7-16-10)5-9(20)17-3-1-8(19)2-4-17/h6-7H,1-5H2,(H2,13,14,15). The Balaban J connectivity index is 1.78. The highest BCUT2D eigenvalue weighted by atomic mass is 16.2. The fourth-order valence-electron chi connectivity index (χ4n) is 2.27. The Morgan fingerprint density at radius 1 is 1.25 bits per heavy atom. The summed E-state index contributed by atoms with van der Waals surface area (Å²) in [7, 11) is 0. The summed E-state index contributed by atoms with van der Waals surface area (Å²) in [6.45, 7) is 1.12. The van der Waals surface area contributed by atoms with Crippen molar-refractivity contribution in [3.63, 3.8) is 0 Å². The predicted molar refractivity (Wildman–Crippen MR) is 70.6 cm³/mol. The average Bonchev–Trinajstić information content (AvgIpc) is 2.84. The summed E-state index contributed by atoms with van der Waals surface area (Å²) in [5, 5.41) is 0. The molecule has 0 saturated carbocycles. The molecule has 20 heavy (non-hydrogen) atoms. The zero-order chi connectivity index (χ0) is 14.1. The molecular formula is C12H14N6O2. The third-order valence-electron chi connectivity index (χ3n) is 3.41. The predicted octanol–water partition coefficient (Wildman–Crippen LogP) is -0.400. The first-order chi connectivity index (χ1) is 9.65. The number of carbonyl (C=O) groups excluding carboxylic acids is 2. The molecule has 8 nitrogen and oxygen atoms in total. The molecule has 0 spiro atoms. The number of Topliss-reactive ketones (excluding diaryl/α,β-unsaturated/α-hetero) is 1. The lowest BCUT2D eigenvalue weighted by molar-refractivity contribution is -0.135. The fourth-order valence-corrected chi connectivity index (χ4v) is 2.27. The number of aromatic nitrogens is 4. The van der Waals surface area contributed by atoms with Gasteiger partial charge in [-0.2, -0.15) is 0 Å². The average molecular weight is 274 g/mol. The van der Waals surface area contributed by atoms with E-state index in [9.17, 15) is 9.59 Å². The molecule has 1 saturated heterocycles. The number of likely N-dealkylation sites (tertiary alicyclic amines) is 1. The molecule has 0 atom stereocenters. The number of nitrogens with zero attached hydrogens (tertiary/aromatic N) is 5. The molecule has 1 aliphatic rings. The molecule has 104 valence electrons. The molecule has 0 aromatic carbocycles. The maximum atomic E-state index is 12.2. The van der Waals surface area contributed by atoms with Crippen LogP contribution in [0.2, 0.25) is 0 Å². The molecule has 0 bridgehead atoms. The Bertz CT molecular complexity index is 670. The van der Waals surface area contributed by atoms with Gasteiger partial charge in [-0.15, -0.1) is 0 Å². The molecule has 2 aromatic rings. The van der Waals surface area contributed by atoms with Crippen LogP contribution in [0.15, 0.2) is 12.7 Å². The number of piperidine rings is 1. The summed E-state index contributed by atoms with van der Waals surface area (Å²) < 4.78 is 1.64. The highest BCUT2D eigenvalue weighted by Crippen LogP contribution is 2.15. The first kappa shape index (κ1) is 12.5. The number of fused-ring (bicyclic) bond motifs is 1. The Morgan fingerprint density at radius 3 is 2.75 bits per heavy atom. The number of anilines is 1. The van der Waals surface area contributed by atoms with Crippen LogP contribution in [-0.4, -0.2) is 49.2 Å². The third kappa shape index (κ3) is 2.20. The number of nitrogens with two attached hydrogens (primary N) is 1. The van der Waals surface area contributed by atoms with Crippen molar-refractivity contribution in [2.45, 2.75) is 19.4 Å². The second kappa shape index (κ2) is 4.87. The molecular weight excluding hydrogens is 260 g/mol. The lowest BCUT2D eigenvalue weighted by Crippen LogP contribution is -2.40. The van der Waals surface area contributed by atoms with E-state index in [0.717, 1.165) is 0 Å². The SMILES string of the molecule is Nc1ncnc2c1ncn2CC(=O)N1CCC(=O)CC1. The van der Waals surface area contributed by atoms with Crippen molar-refractivity contribution in [2.75, 3.05) is 18.8 Å². The van der Waals surface area contributed by atoms with E-state index in [0.29, 0.717) is 42.9 Å². The molecule has 2 aromatic heterocycles. The first-order valence-electron chi connectivity index (χ1n) is 6.36. The van der Waals surface area contributed by atoms with Crippen LogP contribution in [0.3, 0.4) is 0 Å². The van der Waals surface area contributed by atoms with Gasteiger partial charge in [-0.05, 0) is 0 Å². The van der Waals surface area contributed by atoms with E-state index in [1.165, 1.54) is 12.7 Å². The van der Waals surface area contributed by atoms with Crippen molar-refractivity contribution in [3.8, 4) is 0 Å². The van der Waals surface area contributed by atoms with Crippen LogP contribution in [-0.2, 0) is 16.1 Å². The van der Waals surface area contributed by atoms with Crippen LogP contribution in [0.25, 0.3) is 11.2 Å². The van der Waals surface area contributed by atoms with Crippen molar-refractivity contribution < 1.29 is 9.59 Å². The summed E-state index contributed by atoms with van der Waals surface area (Å²) in [4.78, 5) is 37.1. The van der Waals surface area contributed by atoms with Crippen LogP contribution in [0, 0.1) is 0 Å². The lowest BCUT2D eigenvalue weighted by Gasteiger charge is -2.26. The molecule has 8 heteroatoms. The minimum Gasteiger partial charge on any atom is -0.382 e. The zero-order valence-corrected chi connectivity index (χ0v) is 10.8. The van der Waals surface area contributed by atoms with Gasteiger partial charge in [0.25, 0.3) is 0 Å². The minimum atomic E-state index is -0.0472. The van der Waals surface area contributed by atoms with Crippen LogP contribution < -0.4 is 5.73 Å². The number of hydrogen-bond donors (Lipinski definition) is 1. The van der Waals surface area contributed by atoms with Gasteiger partial charge in [-0.1, -0.05) is 0 Å². The molecule has 3 heterocycles. The quantitative estimate of drug-likeness (QED) is 0.798. The van der Waals surface area contributed by atoms with Gasteiger partial charge in [0.05, 0.1) is 6.33 Å². The molecule has 0 aliphatic carbocycles. The van der Waals surface area contributed by atoms with E-state index < -0.39 is 0 Å². The number of carbonyl (C=O) groups is 2. The maximum absolute atomic E-state index is 12.2. The van der Waals surface area contributed by atoms with E-state index in [2.05, 4.69) is 15.0 Å². The van der Waals surface area contributed by atoms with E-state index >= 15 is 0 Å². The van der Waals surface area contributed by atoms with Gasteiger partial charge in [0.1, 0.15) is 24.2 Å². The van der Waals surface area contributed by atoms with Gasteiger partial charge in [0.2, 0.25) is 5.91 Å². The molecule has 1 fully saturated rings. The first-order valence-corrected chi connectivity index (χ1v) is 6.36. The lowest BCUT2D eigenvalue weighted by atomic mass is 10.1.